The minimum Gasteiger partial charge on any atom is -0.351 e. The first kappa shape index (κ1) is 17.9. The molecule has 118 valence electrons. The summed E-state index contributed by atoms with van der Waals surface area (Å²) in [5.41, 5.74) is 6.42. The van der Waals surface area contributed by atoms with Gasteiger partial charge in [-0.05, 0) is 37.5 Å². The Morgan fingerprint density at radius 2 is 2.05 bits per heavy atom. The van der Waals surface area contributed by atoms with Gasteiger partial charge < -0.3 is 11.1 Å². The van der Waals surface area contributed by atoms with Crippen LogP contribution in [0.3, 0.4) is 0 Å². The molecule has 0 atom stereocenters. The molecule has 0 unspecified atom stereocenters. The molecule has 0 aromatic heterocycles. The minimum atomic E-state index is -3.55. The molecule has 0 spiro atoms. The highest BCUT2D eigenvalue weighted by Gasteiger charge is 2.28. The first-order chi connectivity index (χ1) is 9.44. The van der Waals surface area contributed by atoms with E-state index in [4.69, 9.17) is 5.73 Å². The van der Waals surface area contributed by atoms with Gasteiger partial charge in [0.1, 0.15) is 0 Å². The van der Waals surface area contributed by atoms with E-state index in [-0.39, 0.29) is 29.3 Å². The monoisotopic (exact) mass is 333 g/mol. The van der Waals surface area contributed by atoms with E-state index in [0.29, 0.717) is 18.7 Å². The van der Waals surface area contributed by atoms with Crippen LogP contribution in [-0.4, -0.2) is 33.5 Å². The third kappa shape index (κ3) is 4.67. The highest BCUT2D eigenvalue weighted by molar-refractivity contribution is 7.89. The fourth-order valence-electron chi connectivity index (χ4n) is 1.78. The van der Waals surface area contributed by atoms with Gasteiger partial charge in [-0.1, -0.05) is 6.07 Å². The average Bonchev–Trinajstić information content (AvgIpc) is 3.19. The molecule has 0 aliphatic heterocycles. The van der Waals surface area contributed by atoms with Crippen LogP contribution in [-0.2, 0) is 10.0 Å². The number of nitrogens with two attached hydrogens (primary N) is 1. The second-order valence-electron chi connectivity index (χ2n) is 4.92. The van der Waals surface area contributed by atoms with Gasteiger partial charge in [-0.2, -0.15) is 0 Å². The molecule has 0 saturated heterocycles. The van der Waals surface area contributed by atoms with Crippen molar-refractivity contribution in [3.63, 3.8) is 0 Å². The second-order valence-corrected chi connectivity index (χ2v) is 6.63. The number of carbonyl (C=O) groups excluding carboxylic acids is 1. The van der Waals surface area contributed by atoms with E-state index in [1.54, 1.807) is 13.0 Å². The Labute approximate surface area is 130 Å². The Morgan fingerprint density at radius 1 is 1.38 bits per heavy atom. The van der Waals surface area contributed by atoms with E-state index in [1.807, 2.05) is 0 Å². The molecule has 21 heavy (non-hydrogen) atoms. The van der Waals surface area contributed by atoms with Gasteiger partial charge in [0.05, 0.1) is 4.90 Å². The topological polar surface area (TPSA) is 101 Å². The third-order valence-electron chi connectivity index (χ3n) is 3.09. The van der Waals surface area contributed by atoms with Gasteiger partial charge in [0.2, 0.25) is 10.0 Å². The molecular formula is C13H20ClN3O3S. The molecule has 4 N–H and O–H groups in total. The molecule has 1 saturated carbocycles. The normalized spacial score (nSPS) is 14.4. The van der Waals surface area contributed by atoms with E-state index >= 15 is 0 Å². The van der Waals surface area contributed by atoms with Crippen molar-refractivity contribution in [3.8, 4) is 0 Å². The first-order valence-electron chi connectivity index (χ1n) is 6.55. The van der Waals surface area contributed by atoms with Crippen molar-refractivity contribution in [1.82, 2.24) is 10.0 Å². The van der Waals surface area contributed by atoms with Gasteiger partial charge in [-0.15, -0.1) is 12.4 Å². The quantitative estimate of drug-likeness (QED) is 0.707. The molecule has 1 amide bonds. The smallest absolute Gasteiger partial charge is 0.251 e. The number of amides is 1. The zero-order valence-electron chi connectivity index (χ0n) is 11.8. The fraction of sp³-hybridized carbons (Fsp3) is 0.462. The van der Waals surface area contributed by atoms with Crippen LogP contribution < -0.4 is 15.8 Å². The van der Waals surface area contributed by atoms with Gasteiger partial charge in [-0.3, -0.25) is 4.79 Å². The van der Waals surface area contributed by atoms with E-state index in [9.17, 15) is 13.2 Å². The largest absolute Gasteiger partial charge is 0.351 e. The van der Waals surface area contributed by atoms with Crippen LogP contribution in [0.15, 0.2) is 23.1 Å². The van der Waals surface area contributed by atoms with Crippen LogP contribution in [0.2, 0.25) is 0 Å². The van der Waals surface area contributed by atoms with Crippen molar-refractivity contribution in [1.29, 1.82) is 0 Å². The van der Waals surface area contributed by atoms with Gasteiger partial charge in [-0.25, -0.2) is 13.1 Å². The molecular weight excluding hydrogens is 314 g/mol. The van der Waals surface area contributed by atoms with Crippen LogP contribution >= 0.6 is 12.4 Å². The lowest BCUT2D eigenvalue weighted by molar-refractivity contribution is 0.0954. The van der Waals surface area contributed by atoms with E-state index in [0.717, 1.165) is 18.4 Å². The molecule has 1 aliphatic carbocycles. The van der Waals surface area contributed by atoms with Gasteiger partial charge in [0, 0.05) is 24.7 Å². The van der Waals surface area contributed by atoms with Gasteiger partial charge >= 0.3 is 0 Å². The first-order valence-corrected chi connectivity index (χ1v) is 8.03. The predicted octanol–water partition coefficient (Wildman–Crippen LogP) is 0.546. The highest BCUT2D eigenvalue weighted by Crippen LogP contribution is 2.23. The molecule has 0 radical (unpaired) electrons. The van der Waals surface area contributed by atoms with E-state index in [2.05, 4.69) is 10.0 Å². The summed E-state index contributed by atoms with van der Waals surface area (Å²) in [4.78, 5) is 12.1. The van der Waals surface area contributed by atoms with Crippen molar-refractivity contribution >= 4 is 28.3 Å². The van der Waals surface area contributed by atoms with Crippen molar-refractivity contribution < 1.29 is 13.2 Å². The van der Waals surface area contributed by atoms with Crippen LogP contribution in [0.1, 0.15) is 28.8 Å². The summed E-state index contributed by atoms with van der Waals surface area (Å²) >= 11 is 0. The van der Waals surface area contributed by atoms with E-state index < -0.39 is 10.0 Å². The second kappa shape index (κ2) is 7.22. The number of hydrogen-bond acceptors (Lipinski definition) is 4. The standard InChI is InChI=1S/C13H19N3O3S.ClH/c1-9-2-5-11(20(18,19)16-10-3-4-10)8-12(9)13(17)15-7-6-14;/h2,5,8,10,16H,3-4,6-7,14H2,1H3,(H,15,17);1H. The van der Waals surface area contributed by atoms with Crippen LogP contribution in [0, 0.1) is 6.92 Å². The van der Waals surface area contributed by atoms with Crippen molar-refractivity contribution in [3.05, 3.63) is 29.3 Å². The van der Waals surface area contributed by atoms with Gasteiger partial charge in [0.25, 0.3) is 5.91 Å². The minimum absolute atomic E-state index is 0. The summed E-state index contributed by atoms with van der Waals surface area (Å²) in [5.74, 6) is -0.309. The van der Waals surface area contributed by atoms with Crippen molar-refractivity contribution in [2.45, 2.75) is 30.7 Å². The number of sulfonamides is 1. The molecule has 1 aromatic rings. The zero-order chi connectivity index (χ0) is 14.8. The van der Waals surface area contributed by atoms with Crippen LogP contribution in [0.4, 0.5) is 0 Å². The number of benzene rings is 1. The number of nitrogens with one attached hydrogen (secondary N) is 2. The molecule has 8 heteroatoms. The maximum absolute atomic E-state index is 12.1. The predicted molar refractivity (Wildman–Crippen MR) is 83.2 cm³/mol. The Balaban J connectivity index is 0.00000220. The van der Waals surface area contributed by atoms with Crippen LogP contribution in [0.5, 0.6) is 0 Å². The Kier molecular flexibility index (Phi) is 6.15. The molecule has 0 bridgehead atoms. The summed E-state index contributed by atoms with van der Waals surface area (Å²) < 4.78 is 26.8. The highest BCUT2D eigenvalue weighted by atomic mass is 35.5. The van der Waals surface area contributed by atoms with Crippen LogP contribution in [0.25, 0.3) is 0 Å². The Morgan fingerprint density at radius 3 is 2.62 bits per heavy atom. The van der Waals surface area contributed by atoms with Crippen molar-refractivity contribution in [2.24, 2.45) is 5.73 Å². The number of halogens is 1. The lowest BCUT2D eigenvalue weighted by Crippen LogP contribution is -2.30. The Hall–Kier alpha value is -1.15. The number of rotatable bonds is 6. The average molecular weight is 334 g/mol. The lowest BCUT2D eigenvalue weighted by atomic mass is 10.1. The molecule has 1 aromatic carbocycles. The Bertz CT molecular complexity index is 615. The summed E-state index contributed by atoms with van der Waals surface area (Å²) in [6.45, 7) is 2.46. The van der Waals surface area contributed by atoms with E-state index in [1.165, 1.54) is 12.1 Å². The SMILES string of the molecule is Cc1ccc(S(=O)(=O)NC2CC2)cc1C(=O)NCCN.Cl. The molecule has 6 nitrogen and oxygen atoms in total. The molecule has 0 heterocycles. The van der Waals surface area contributed by atoms with Gasteiger partial charge in [0.15, 0.2) is 0 Å². The van der Waals surface area contributed by atoms with Crippen molar-refractivity contribution in [2.75, 3.05) is 13.1 Å². The summed E-state index contributed by atoms with van der Waals surface area (Å²) in [5, 5.41) is 2.64. The lowest BCUT2D eigenvalue weighted by Gasteiger charge is -2.10. The number of hydrogen-bond donors (Lipinski definition) is 3. The summed E-state index contributed by atoms with van der Waals surface area (Å²) in [7, 11) is -3.55. The number of carbonyl (C=O) groups is 1. The summed E-state index contributed by atoms with van der Waals surface area (Å²) in [6, 6.07) is 4.60. The third-order valence-corrected chi connectivity index (χ3v) is 4.61. The fourth-order valence-corrected chi connectivity index (χ4v) is 3.11. The zero-order valence-corrected chi connectivity index (χ0v) is 13.4. The number of aryl methyl sites for hydroxylation is 1. The molecule has 1 fully saturated rings. The maximum Gasteiger partial charge on any atom is 0.251 e. The maximum atomic E-state index is 12.1. The molecule has 2 rings (SSSR count). The molecule has 1 aliphatic rings. The summed E-state index contributed by atoms with van der Waals surface area (Å²) in [6.07, 6.45) is 1.74.